The van der Waals surface area contributed by atoms with Gasteiger partial charge < -0.3 is 9.47 Å². The monoisotopic (exact) mass is 396 g/mol. The number of rotatable bonds is 15. The average Bonchev–Trinajstić information content (AvgIpc) is 2.76. The number of ether oxygens (including phenoxy) is 2. The smallest absolute Gasteiger partial charge is 0.119 e. The van der Waals surface area contributed by atoms with Gasteiger partial charge >= 0.3 is 0 Å². The first-order valence-electron chi connectivity index (χ1n) is 11.7. The number of benzene rings is 2. The SMILES string of the molecule is CCCCCCCCOC(C)c1ccc(-c2ccc(OCCCCC)cc2)cc1. The Morgan fingerprint density at radius 3 is 1.79 bits per heavy atom. The molecule has 0 fully saturated rings. The van der Waals surface area contributed by atoms with Gasteiger partial charge in [-0.3, -0.25) is 0 Å². The van der Waals surface area contributed by atoms with E-state index in [4.69, 9.17) is 9.47 Å². The van der Waals surface area contributed by atoms with Gasteiger partial charge in [-0.1, -0.05) is 95.2 Å². The maximum atomic E-state index is 6.03. The molecule has 0 aliphatic rings. The molecule has 2 aromatic carbocycles. The predicted octanol–water partition coefficient (Wildman–Crippen LogP) is 8.36. The second kappa shape index (κ2) is 14.2. The summed E-state index contributed by atoms with van der Waals surface area (Å²) in [6.07, 6.45) is 11.5. The van der Waals surface area contributed by atoms with Crippen molar-refractivity contribution in [3.05, 3.63) is 54.1 Å². The highest BCUT2D eigenvalue weighted by molar-refractivity contribution is 5.64. The Bertz CT molecular complexity index is 645. The van der Waals surface area contributed by atoms with E-state index in [0.717, 1.165) is 25.4 Å². The molecule has 1 atom stereocenters. The summed E-state index contributed by atoms with van der Waals surface area (Å²) in [6, 6.07) is 17.2. The molecule has 0 saturated carbocycles. The maximum absolute atomic E-state index is 6.03. The zero-order chi connectivity index (χ0) is 20.7. The molecule has 2 nitrogen and oxygen atoms in total. The van der Waals surface area contributed by atoms with Crippen molar-refractivity contribution in [2.75, 3.05) is 13.2 Å². The van der Waals surface area contributed by atoms with E-state index < -0.39 is 0 Å². The fourth-order valence-corrected chi connectivity index (χ4v) is 3.47. The van der Waals surface area contributed by atoms with E-state index in [2.05, 4.69) is 69.3 Å². The van der Waals surface area contributed by atoms with Crippen molar-refractivity contribution >= 4 is 0 Å². The lowest BCUT2D eigenvalue weighted by Gasteiger charge is -2.14. The van der Waals surface area contributed by atoms with Gasteiger partial charge in [-0.2, -0.15) is 0 Å². The van der Waals surface area contributed by atoms with Gasteiger partial charge in [-0.25, -0.2) is 0 Å². The summed E-state index contributed by atoms with van der Waals surface area (Å²) in [5, 5.41) is 0. The van der Waals surface area contributed by atoms with Crippen LogP contribution in [0.15, 0.2) is 48.5 Å². The summed E-state index contributed by atoms with van der Waals surface area (Å²) in [7, 11) is 0. The minimum atomic E-state index is 0.151. The second-order valence-electron chi connectivity index (χ2n) is 7.98. The Morgan fingerprint density at radius 2 is 1.14 bits per heavy atom. The Kier molecular flexibility index (Phi) is 11.5. The van der Waals surface area contributed by atoms with Crippen molar-refractivity contribution in [3.8, 4) is 16.9 Å². The summed E-state index contributed by atoms with van der Waals surface area (Å²) in [5.74, 6) is 0.957. The molecule has 0 bridgehead atoms. The van der Waals surface area contributed by atoms with E-state index in [9.17, 15) is 0 Å². The minimum absolute atomic E-state index is 0.151. The van der Waals surface area contributed by atoms with Gasteiger partial charge in [0.25, 0.3) is 0 Å². The van der Waals surface area contributed by atoms with Crippen molar-refractivity contribution in [1.29, 1.82) is 0 Å². The van der Waals surface area contributed by atoms with Crippen LogP contribution < -0.4 is 4.74 Å². The third-order valence-electron chi connectivity index (χ3n) is 5.45. The summed E-state index contributed by atoms with van der Waals surface area (Å²) in [4.78, 5) is 0. The fraction of sp³-hybridized carbons (Fsp3) is 0.556. The van der Waals surface area contributed by atoms with Crippen molar-refractivity contribution in [2.24, 2.45) is 0 Å². The lowest BCUT2D eigenvalue weighted by atomic mass is 10.0. The molecule has 0 saturated heterocycles. The maximum Gasteiger partial charge on any atom is 0.119 e. The van der Waals surface area contributed by atoms with Crippen molar-refractivity contribution in [3.63, 3.8) is 0 Å². The van der Waals surface area contributed by atoms with E-state index in [1.807, 2.05) is 0 Å². The quantitative estimate of drug-likeness (QED) is 0.281. The van der Waals surface area contributed by atoms with Gasteiger partial charge in [0.1, 0.15) is 5.75 Å². The van der Waals surface area contributed by atoms with Crippen LogP contribution in [0.5, 0.6) is 5.75 Å². The van der Waals surface area contributed by atoms with Crippen molar-refractivity contribution < 1.29 is 9.47 Å². The van der Waals surface area contributed by atoms with Crippen LogP contribution in [0.4, 0.5) is 0 Å². The molecule has 1 unspecified atom stereocenters. The fourth-order valence-electron chi connectivity index (χ4n) is 3.47. The largest absolute Gasteiger partial charge is 0.494 e. The first-order chi connectivity index (χ1) is 14.2. The summed E-state index contributed by atoms with van der Waals surface area (Å²) >= 11 is 0. The first-order valence-corrected chi connectivity index (χ1v) is 11.7. The van der Waals surface area contributed by atoms with Crippen LogP contribution in [0.25, 0.3) is 11.1 Å². The van der Waals surface area contributed by atoms with Crippen LogP contribution in [0, 0.1) is 0 Å². The van der Waals surface area contributed by atoms with Gasteiger partial charge in [0.2, 0.25) is 0 Å². The van der Waals surface area contributed by atoms with Crippen LogP contribution in [0.1, 0.15) is 90.2 Å². The third-order valence-corrected chi connectivity index (χ3v) is 5.45. The van der Waals surface area contributed by atoms with E-state index >= 15 is 0 Å². The number of unbranched alkanes of at least 4 members (excludes halogenated alkanes) is 7. The molecule has 160 valence electrons. The highest BCUT2D eigenvalue weighted by Gasteiger charge is 2.06. The standard InChI is InChI=1S/C27H40O2/c1-4-6-8-9-10-12-21-28-23(3)24-13-15-25(16-14-24)26-17-19-27(20-18-26)29-22-11-7-5-2/h13-20,23H,4-12,21-22H2,1-3H3. The molecule has 0 radical (unpaired) electrons. The molecule has 0 spiro atoms. The Balaban J connectivity index is 1.75. The Labute approximate surface area is 178 Å². The summed E-state index contributed by atoms with van der Waals surface area (Å²) in [5.41, 5.74) is 3.70. The zero-order valence-corrected chi connectivity index (χ0v) is 18.8. The predicted molar refractivity (Wildman–Crippen MR) is 125 cm³/mol. The Hall–Kier alpha value is -1.80. The van der Waals surface area contributed by atoms with E-state index in [1.54, 1.807) is 0 Å². The van der Waals surface area contributed by atoms with Gasteiger partial charge in [-0.05, 0) is 48.6 Å². The topological polar surface area (TPSA) is 18.5 Å². The molecule has 0 N–H and O–H groups in total. The van der Waals surface area contributed by atoms with Crippen molar-refractivity contribution in [1.82, 2.24) is 0 Å². The number of hydrogen-bond donors (Lipinski definition) is 0. The van der Waals surface area contributed by atoms with E-state index in [0.29, 0.717) is 0 Å². The van der Waals surface area contributed by atoms with Crippen LogP contribution in [0.3, 0.4) is 0 Å². The first kappa shape index (κ1) is 23.5. The normalized spacial score (nSPS) is 12.1. The van der Waals surface area contributed by atoms with Crippen LogP contribution >= 0.6 is 0 Å². The molecule has 29 heavy (non-hydrogen) atoms. The molecule has 0 amide bonds. The summed E-state index contributed by atoms with van der Waals surface area (Å²) < 4.78 is 11.8. The molecule has 0 aliphatic carbocycles. The molecule has 2 aromatic rings. The number of hydrogen-bond acceptors (Lipinski definition) is 2. The molecular weight excluding hydrogens is 356 g/mol. The zero-order valence-electron chi connectivity index (χ0n) is 18.8. The average molecular weight is 397 g/mol. The molecule has 2 rings (SSSR count). The molecule has 0 aliphatic heterocycles. The highest BCUT2D eigenvalue weighted by Crippen LogP contribution is 2.25. The van der Waals surface area contributed by atoms with E-state index in [-0.39, 0.29) is 6.10 Å². The molecule has 0 heterocycles. The minimum Gasteiger partial charge on any atom is -0.494 e. The highest BCUT2D eigenvalue weighted by atomic mass is 16.5. The van der Waals surface area contributed by atoms with Crippen LogP contribution in [-0.2, 0) is 4.74 Å². The van der Waals surface area contributed by atoms with Gasteiger partial charge in [0.05, 0.1) is 12.7 Å². The van der Waals surface area contributed by atoms with E-state index in [1.165, 1.54) is 68.1 Å². The van der Waals surface area contributed by atoms with Crippen LogP contribution in [0.2, 0.25) is 0 Å². The van der Waals surface area contributed by atoms with Crippen molar-refractivity contribution in [2.45, 2.75) is 84.7 Å². The molecular formula is C27H40O2. The van der Waals surface area contributed by atoms with Gasteiger partial charge in [-0.15, -0.1) is 0 Å². The van der Waals surface area contributed by atoms with Crippen LogP contribution in [-0.4, -0.2) is 13.2 Å². The lowest BCUT2D eigenvalue weighted by molar-refractivity contribution is 0.0627. The molecule has 0 aromatic heterocycles. The lowest BCUT2D eigenvalue weighted by Crippen LogP contribution is -2.01. The van der Waals surface area contributed by atoms with Gasteiger partial charge in [0.15, 0.2) is 0 Å². The third kappa shape index (κ3) is 9.04. The molecule has 2 heteroatoms. The Morgan fingerprint density at radius 1 is 0.621 bits per heavy atom. The van der Waals surface area contributed by atoms with Gasteiger partial charge in [0, 0.05) is 6.61 Å². The second-order valence-corrected chi connectivity index (χ2v) is 7.98. The summed E-state index contributed by atoms with van der Waals surface area (Å²) in [6.45, 7) is 8.28.